The van der Waals surface area contributed by atoms with Gasteiger partial charge in [0, 0.05) is 16.8 Å². The summed E-state index contributed by atoms with van der Waals surface area (Å²) >= 11 is 2.83. The molecule has 0 spiro atoms. The van der Waals surface area contributed by atoms with E-state index in [1.165, 1.54) is 23.1 Å². The highest BCUT2D eigenvalue weighted by atomic mass is 32.1. The monoisotopic (exact) mass is 167 g/mol. The molecule has 0 aliphatic rings. The molecule has 2 nitrogen and oxygen atoms in total. The zero-order chi connectivity index (χ0) is 6.81. The van der Waals surface area contributed by atoms with Crippen LogP contribution in [0.4, 0.5) is 0 Å². The smallest absolute Gasteiger partial charge is 0.111 e. The molecule has 0 saturated carbocycles. The third kappa shape index (κ3) is 0.955. The minimum absolute atomic E-state index is 0.853. The van der Waals surface area contributed by atoms with Gasteiger partial charge in [-0.25, -0.2) is 0 Å². The van der Waals surface area contributed by atoms with Gasteiger partial charge in [0.1, 0.15) is 11.4 Å². The van der Waals surface area contributed by atoms with Crippen molar-refractivity contribution >= 4 is 23.1 Å². The van der Waals surface area contributed by atoms with Crippen molar-refractivity contribution in [3.8, 4) is 11.4 Å². The van der Waals surface area contributed by atoms with Crippen molar-refractivity contribution in [3.63, 3.8) is 0 Å². The van der Waals surface area contributed by atoms with Crippen LogP contribution in [0.3, 0.4) is 0 Å². The largest absolute Gasteiger partial charge is 0.191 e. The maximum atomic E-state index is 4.11. The van der Waals surface area contributed by atoms with E-state index in [1.807, 2.05) is 16.8 Å². The predicted octanol–water partition coefficient (Wildman–Crippen LogP) is 2.07. The average Bonchev–Trinajstić information content (AvgIpc) is 2.59. The zero-order valence-corrected chi connectivity index (χ0v) is 6.58. The maximum absolute atomic E-state index is 4.11. The first-order chi connectivity index (χ1) is 4.97. The highest BCUT2D eigenvalue weighted by molar-refractivity contribution is 7.04. The van der Waals surface area contributed by atoms with E-state index in [1.54, 1.807) is 0 Å². The average molecular weight is 167 g/mol. The van der Waals surface area contributed by atoms with Gasteiger partial charge in [0.15, 0.2) is 0 Å². The lowest BCUT2D eigenvalue weighted by molar-refractivity contribution is 1.45. The summed E-state index contributed by atoms with van der Waals surface area (Å²) < 4.78 is 8.20. The van der Waals surface area contributed by atoms with Crippen LogP contribution in [-0.4, -0.2) is 8.75 Å². The van der Waals surface area contributed by atoms with E-state index >= 15 is 0 Å². The minimum Gasteiger partial charge on any atom is -0.191 e. The zero-order valence-electron chi connectivity index (χ0n) is 4.94. The van der Waals surface area contributed by atoms with E-state index in [4.69, 9.17) is 0 Å². The first-order valence-corrected chi connectivity index (χ1v) is 4.37. The van der Waals surface area contributed by atoms with E-state index in [0.717, 1.165) is 11.4 Å². The molecule has 4 heteroatoms. The molecule has 0 aliphatic heterocycles. The third-order valence-corrected chi connectivity index (χ3v) is 2.14. The molecule has 0 fully saturated rings. The van der Waals surface area contributed by atoms with Crippen molar-refractivity contribution in [3.05, 3.63) is 22.9 Å². The fraction of sp³-hybridized carbons (Fsp3) is 0. The van der Waals surface area contributed by atoms with Gasteiger partial charge >= 0.3 is 0 Å². The maximum Gasteiger partial charge on any atom is 0.111 e. The molecule has 0 bridgehead atoms. The Balaban J connectivity index is 2.48. The van der Waals surface area contributed by atoms with Gasteiger partial charge in [-0.05, 0) is 29.1 Å². The van der Waals surface area contributed by atoms with Gasteiger partial charge in [0.2, 0.25) is 0 Å². The summed E-state index contributed by atoms with van der Waals surface area (Å²) in [6.07, 6.45) is 0. The molecule has 0 atom stereocenters. The predicted molar refractivity (Wildman–Crippen MR) is 42.1 cm³/mol. The summed E-state index contributed by atoms with van der Waals surface area (Å²) in [4.78, 5) is 0. The van der Waals surface area contributed by atoms with Crippen molar-refractivity contribution in [1.82, 2.24) is 8.75 Å². The second-order valence-corrected chi connectivity index (χ2v) is 2.99. The fourth-order valence-corrected chi connectivity index (χ4v) is 1.62. The lowest BCUT2D eigenvalue weighted by Gasteiger charge is -1.81. The Hall–Kier alpha value is -0.740. The van der Waals surface area contributed by atoms with Crippen LogP contribution in [0.15, 0.2) is 16.8 Å². The van der Waals surface area contributed by atoms with Crippen LogP contribution >= 0.6 is 23.1 Å². The highest BCUT2D eigenvalue weighted by Crippen LogP contribution is 2.16. The first kappa shape index (κ1) is 6.00. The van der Waals surface area contributed by atoms with Crippen molar-refractivity contribution in [2.75, 3.05) is 0 Å². The van der Waals surface area contributed by atoms with Crippen molar-refractivity contribution in [2.24, 2.45) is 0 Å². The highest BCUT2D eigenvalue weighted by Gasteiger charge is 1.99. The van der Waals surface area contributed by atoms with Crippen LogP contribution in [0.5, 0.6) is 0 Å². The molecule has 0 saturated heterocycles. The third-order valence-electron chi connectivity index (χ3n) is 1.07. The lowest BCUT2D eigenvalue weighted by atomic mass is 10.3. The summed E-state index contributed by atoms with van der Waals surface area (Å²) in [7, 11) is 0. The lowest BCUT2D eigenvalue weighted by Crippen LogP contribution is -1.71. The summed E-state index contributed by atoms with van der Waals surface area (Å²) in [6, 6.07) is 4.93. The molecule has 2 heterocycles. The summed E-state index contributed by atoms with van der Waals surface area (Å²) in [5, 5.41) is 3.76. The molecule has 0 N–H and O–H groups in total. The van der Waals surface area contributed by atoms with Crippen molar-refractivity contribution in [1.29, 1.82) is 0 Å². The van der Waals surface area contributed by atoms with Gasteiger partial charge in [-0.1, -0.05) is 0 Å². The molecule has 1 radical (unpaired) electrons. The van der Waals surface area contributed by atoms with E-state index in [9.17, 15) is 0 Å². The minimum atomic E-state index is 0.853. The molecule has 2 aromatic rings. The molecule has 49 valence electrons. The van der Waals surface area contributed by atoms with E-state index < -0.39 is 0 Å². The quantitative estimate of drug-likeness (QED) is 0.649. The van der Waals surface area contributed by atoms with Crippen LogP contribution in [0, 0.1) is 6.07 Å². The van der Waals surface area contributed by atoms with Gasteiger partial charge in [-0.2, -0.15) is 8.75 Å². The number of hydrogen-bond donors (Lipinski definition) is 0. The Bertz CT molecular complexity index is 253. The molecule has 0 amide bonds. The van der Waals surface area contributed by atoms with Crippen LogP contribution in [0.2, 0.25) is 0 Å². The van der Waals surface area contributed by atoms with Gasteiger partial charge in [-0.3, -0.25) is 0 Å². The van der Waals surface area contributed by atoms with Gasteiger partial charge in [0.25, 0.3) is 0 Å². The normalized spacial score (nSPS) is 10.0. The number of hydrogen-bond acceptors (Lipinski definition) is 4. The summed E-state index contributed by atoms with van der Waals surface area (Å²) in [5.74, 6) is 0. The Labute approximate surface area is 66.5 Å². The molecule has 10 heavy (non-hydrogen) atoms. The molecule has 0 aromatic carbocycles. The van der Waals surface area contributed by atoms with Crippen molar-refractivity contribution in [2.45, 2.75) is 0 Å². The van der Waals surface area contributed by atoms with E-state index in [0.29, 0.717) is 0 Å². The van der Waals surface area contributed by atoms with Crippen LogP contribution < -0.4 is 0 Å². The molecule has 0 unspecified atom stereocenters. The van der Waals surface area contributed by atoms with E-state index in [2.05, 4.69) is 14.8 Å². The summed E-state index contributed by atoms with van der Waals surface area (Å²) in [5.41, 5.74) is 1.78. The molecule has 2 aromatic heterocycles. The Morgan fingerprint density at radius 3 is 2.90 bits per heavy atom. The Morgan fingerprint density at radius 2 is 2.30 bits per heavy atom. The fourth-order valence-electron chi connectivity index (χ4n) is 0.643. The molecular weight excluding hydrogens is 164 g/mol. The van der Waals surface area contributed by atoms with Crippen LogP contribution in [0.1, 0.15) is 0 Å². The Kier molecular flexibility index (Phi) is 1.49. The second-order valence-electron chi connectivity index (χ2n) is 1.69. The van der Waals surface area contributed by atoms with Gasteiger partial charge < -0.3 is 0 Å². The molecular formula is C6H3N2S2. The molecule has 0 aliphatic carbocycles. The van der Waals surface area contributed by atoms with Gasteiger partial charge in [0.05, 0.1) is 0 Å². The van der Waals surface area contributed by atoms with Crippen LogP contribution in [0.25, 0.3) is 11.4 Å². The SMILES string of the molecule is [c]1csnc1-c1ccsn1. The van der Waals surface area contributed by atoms with Gasteiger partial charge in [-0.15, -0.1) is 0 Å². The molecule has 2 rings (SSSR count). The topological polar surface area (TPSA) is 25.8 Å². The first-order valence-electron chi connectivity index (χ1n) is 2.69. The second kappa shape index (κ2) is 2.48. The van der Waals surface area contributed by atoms with E-state index in [-0.39, 0.29) is 0 Å². The number of nitrogens with zero attached hydrogens (tertiary/aromatic N) is 2. The van der Waals surface area contributed by atoms with Crippen molar-refractivity contribution < 1.29 is 0 Å². The summed E-state index contributed by atoms with van der Waals surface area (Å²) in [6.45, 7) is 0. The number of rotatable bonds is 1. The standard InChI is InChI=1S/C6H3N2S2/c1-3-9-7-5(1)6-2-4-10-8-6/h1,3-4H. The Morgan fingerprint density at radius 1 is 1.30 bits per heavy atom. The number of aromatic nitrogens is 2. The van der Waals surface area contributed by atoms with Crippen LogP contribution in [-0.2, 0) is 0 Å².